The molecule has 0 unspecified atom stereocenters. The van der Waals surface area contributed by atoms with Gasteiger partial charge in [-0.25, -0.2) is 4.98 Å². The second-order valence-electron chi connectivity index (χ2n) is 5.98. The number of amides is 1. The van der Waals surface area contributed by atoms with E-state index in [1.807, 2.05) is 14.1 Å². The summed E-state index contributed by atoms with van der Waals surface area (Å²) in [6.07, 6.45) is 1.53. The Morgan fingerprint density at radius 1 is 1.43 bits per heavy atom. The molecule has 1 heterocycles. The number of hydrogen-bond acceptors (Lipinski definition) is 4. The molecule has 5 heteroatoms. The number of aromatic nitrogens is 1. The molecule has 5 nitrogen and oxygen atoms in total. The largest absolute Gasteiger partial charge is 0.384 e. The van der Waals surface area contributed by atoms with Gasteiger partial charge >= 0.3 is 0 Å². The maximum absolute atomic E-state index is 12.0. The number of nitrogens with one attached hydrogen (secondary N) is 1. The minimum absolute atomic E-state index is 0.00823. The maximum atomic E-state index is 12.0. The SMILES string of the molecule is CN(C)CC(C)(C)CNC(=O)c1ccc(C#CCO)cn1. The number of hydrogen-bond donors (Lipinski definition) is 2. The molecule has 0 saturated carbocycles. The van der Waals surface area contributed by atoms with Crippen molar-refractivity contribution < 1.29 is 9.90 Å². The first-order valence-corrected chi connectivity index (χ1v) is 6.83. The lowest BCUT2D eigenvalue weighted by molar-refractivity contribution is 0.0924. The first-order chi connectivity index (χ1) is 9.84. The summed E-state index contributed by atoms with van der Waals surface area (Å²) in [4.78, 5) is 18.2. The molecule has 0 aliphatic heterocycles. The number of aliphatic hydroxyl groups excluding tert-OH is 1. The van der Waals surface area contributed by atoms with Crippen LogP contribution in [0.2, 0.25) is 0 Å². The van der Waals surface area contributed by atoms with Gasteiger partial charge in [0.15, 0.2) is 0 Å². The summed E-state index contributed by atoms with van der Waals surface area (Å²) in [5.41, 5.74) is 1.03. The summed E-state index contributed by atoms with van der Waals surface area (Å²) in [7, 11) is 4.02. The van der Waals surface area contributed by atoms with E-state index in [0.29, 0.717) is 17.8 Å². The van der Waals surface area contributed by atoms with Crippen molar-refractivity contribution in [1.29, 1.82) is 0 Å². The minimum atomic E-state index is -0.191. The predicted molar refractivity (Wildman–Crippen MR) is 82.9 cm³/mol. The van der Waals surface area contributed by atoms with Crippen molar-refractivity contribution in [2.45, 2.75) is 13.8 Å². The smallest absolute Gasteiger partial charge is 0.269 e. The normalized spacial score (nSPS) is 11.0. The number of carbonyl (C=O) groups is 1. The van der Waals surface area contributed by atoms with Crippen LogP contribution in [-0.4, -0.2) is 54.7 Å². The third-order valence-electron chi connectivity index (χ3n) is 2.78. The highest BCUT2D eigenvalue weighted by Gasteiger charge is 2.20. The quantitative estimate of drug-likeness (QED) is 0.785. The lowest BCUT2D eigenvalue weighted by Crippen LogP contribution is -2.40. The molecule has 21 heavy (non-hydrogen) atoms. The van der Waals surface area contributed by atoms with Gasteiger partial charge < -0.3 is 15.3 Å². The van der Waals surface area contributed by atoms with Gasteiger partial charge in [-0.3, -0.25) is 4.79 Å². The summed E-state index contributed by atoms with van der Waals surface area (Å²) < 4.78 is 0. The molecule has 1 rings (SSSR count). The molecular weight excluding hydrogens is 266 g/mol. The highest BCUT2D eigenvalue weighted by atomic mass is 16.2. The van der Waals surface area contributed by atoms with Gasteiger partial charge in [0.05, 0.1) is 0 Å². The lowest BCUT2D eigenvalue weighted by Gasteiger charge is -2.28. The maximum Gasteiger partial charge on any atom is 0.269 e. The lowest BCUT2D eigenvalue weighted by atomic mass is 9.93. The van der Waals surface area contributed by atoms with Crippen LogP contribution in [0.5, 0.6) is 0 Å². The van der Waals surface area contributed by atoms with Crippen LogP contribution in [0.25, 0.3) is 0 Å². The van der Waals surface area contributed by atoms with Gasteiger partial charge in [-0.2, -0.15) is 0 Å². The molecule has 1 aromatic heterocycles. The van der Waals surface area contributed by atoms with Crippen LogP contribution in [0.1, 0.15) is 29.9 Å². The third kappa shape index (κ3) is 6.39. The van der Waals surface area contributed by atoms with Crippen molar-refractivity contribution in [1.82, 2.24) is 15.2 Å². The van der Waals surface area contributed by atoms with E-state index in [4.69, 9.17) is 5.11 Å². The minimum Gasteiger partial charge on any atom is -0.384 e. The average molecular weight is 289 g/mol. The summed E-state index contributed by atoms with van der Waals surface area (Å²) in [5.74, 6) is 5.08. The standard InChI is InChI=1S/C16H23N3O2/c1-16(2,12-19(3)4)11-18-15(21)14-8-7-13(10-17-14)6-5-9-20/h7-8,10,20H,9,11-12H2,1-4H3,(H,18,21). The van der Waals surface area contributed by atoms with E-state index in [1.165, 1.54) is 6.20 Å². The average Bonchev–Trinajstić information content (AvgIpc) is 2.42. The van der Waals surface area contributed by atoms with Gasteiger partial charge in [0.25, 0.3) is 5.91 Å². The van der Waals surface area contributed by atoms with Gasteiger partial charge in [-0.05, 0) is 31.6 Å². The molecule has 114 valence electrons. The highest BCUT2D eigenvalue weighted by molar-refractivity contribution is 5.92. The first-order valence-electron chi connectivity index (χ1n) is 6.83. The van der Waals surface area contributed by atoms with Gasteiger partial charge in [0.1, 0.15) is 12.3 Å². The van der Waals surface area contributed by atoms with E-state index in [9.17, 15) is 4.79 Å². The van der Waals surface area contributed by atoms with Crippen molar-refractivity contribution in [2.75, 3.05) is 33.8 Å². The van der Waals surface area contributed by atoms with Gasteiger partial charge in [-0.15, -0.1) is 0 Å². The Balaban J connectivity index is 2.60. The molecule has 0 saturated heterocycles. The molecule has 2 N–H and O–H groups in total. The molecule has 0 aromatic carbocycles. The van der Waals surface area contributed by atoms with E-state index in [0.717, 1.165) is 6.54 Å². The zero-order valence-corrected chi connectivity index (χ0v) is 13.1. The first kappa shape index (κ1) is 17.2. The number of nitrogens with zero attached hydrogens (tertiary/aromatic N) is 2. The predicted octanol–water partition coefficient (Wildman–Crippen LogP) is 0.743. The molecule has 1 amide bonds. The topological polar surface area (TPSA) is 65.5 Å². The molecule has 0 aliphatic rings. The molecule has 1 aromatic rings. The Labute approximate surface area is 126 Å². The van der Waals surface area contributed by atoms with E-state index in [1.54, 1.807) is 12.1 Å². The van der Waals surface area contributed by atoms with Gasteiger partial charge in [0.2, 0.25) is 0 Å². The highest BCUT2D eigenvalue weighted by Crippen LogP contribution is 2.14. The van der Waals surface area contributed by atoms with Crippen LogP contribution >= 0.6 is 0 Å². The third-order valence-corrected chi connectivity index (χ3v) is 2.78. The number of pyridine rings is 1. The van der Waals surface area contributed by atoms with Crippen LogP contribution in [0.3, 0.4) is 0 Å². The van der Waals surface area contributed by atoms with E-state index >= 15 is 0 Å². The fraction of sp³-hybridized carbons (Fsp3) is 0.500. The number of carbonyl (C=O) groups excluding carboxylic acids is 1. The van der Waals surface area contributed by atoms with Crippen molar-refractivity contribution in [2.24, 2.45) is 5.41 Å². The second kappa shape index (κ2) is 7.77. The van der Waals surface area contributed by atoms with Gasteiger partial charge in [0, 0.05) is 24.8 Å². The summed E-state index contributed by atoms with van der Waals surface area (Å²) in [6.45, 7) is 5.49. The Morgan fingerprint density at radius 3 is 2.67 bits per heavy atom. The molecule has 0 spiro atoms. The van der Waals surface area contributed by atoms with E-state index in [-0.39, 0.29) is 17.9 Å². The Kier molecular flexibility index (Phi) is 6.35. The zero-order chi connectivity index (χ0) is 15.9. The number of aliphatic hydroxyl groups is 1. The monoisotopic (exact) mass is 289 g/mol. The van der Waals surface area contributed by atoms with Crippen LogP contribution < -0.4 is 5.32 Å². The summed E-state index contributed by atoms with van der Waals surface area (Å²) in [5, 5.41) is 11.5. The van der Waals surface area contributed by atoms with Crippen LogP contribution in [0.4, 0.5) is 0 Å². The van der Waals surface area contributed by atoms with E-state index in [2.05, 4.69) is 40.9 Å². The Morgan fingerprint density at radius 2 is 2.14 bits per heavy atom. The molecule has 0 fully saturated rings. The fourth-order valence-corrected chi connectivity index (χ4v) is 2.07. The van der Waals surface area contributed by atoms with Gasteiger partial charge in [-0.1, -0.05) is 25.7 Å². The molecule has 0 bridgehead atoms. The van der Waals surface area contributed by atoms with Crippen molar-refractivity contribution in [3.05, 3.63) is 29.6 Å². The Bertz CT molecular complexity index is 525. The molecule has 0 atom stereocenters. The second-order valence-corrected chi connectivity index (χ2v) is 5.98. The summed E-state index contributed by atoms with van der Waals surface area (Å²) in [6, 6.07) is 3.35. The van der Waals surface area contributed by atoms with E-state index < -0.39 is 0 Å². The number of rotatable bonds is 5. The fourth-order valence-electron chi connectivity index (χ4n) is 2.07. The van der Waals surface area contributed by atoms with Crippen LogP contribution in [0, 0.1) is 17.3 Å². The Hall–Kier alpha value is -1.90. The van der Waals surface area contributed by atoms with Crippen LogP contribution in [0.15, 0.2) is 18.3 Å². The van der Waals surface area contributed by atoms with Crippen molar-refractivity contribution >= 4 is 5.91 Å². The van der Waals surface area contributed by atoms with Crippen molar-refractivity contribution in [3.8, 4) is 11.8 Å². The summed E-state index contributed by atoms with van der Waals surface area (Å²) >= 11 is 0. The molecule has 0 radical (unpaired) electrons. The van der Waals surface area contributed by atoms with Crippen molar-refractivity contribution in [3.63, 3.8) is 0 Å². The molecule has 0 aliphatic carbocycles. The van der Waals surface area contributed by atoms with Crippen LogP contribution in [-0.2, 0) is 0 Å². The zero-order valence-electron chi connectivity index (χ0n) is 13.1. The molecular formula is C16H23N3O2.